The van der Waals surface area contributed by atoms with Crippen LogP contribution in [0.25, 0.3) is 0 Å². The fourth-order valence-electron chi connectivity index (χ4n) is 2.67. The molecule has 4 N–H and O–H groups in total. The molecule has 7 nitrogen and oxygen atoms in total. The van der Waals surface area contributed by atoms with Crippen LogP contribution in [0, 0.1) is 0 Å². The Hall–Kier alpha value is -3.06. The highest BCUT2D eigenvalue weighted by molar-refractivity contribution is 6.13. The molecule has 1 atom stereocenters. The summed E-state index contributed by atoms with van der Waals surface area (Å²) in [4.78, 5) is 23.7. The number of rotatable bonds is 5. The molecule has 1 aliphatic carbocycles. The number of carbonyl (C=O) groups excluding carboxylic acids is 1. The smallest absolute Gasteiger partial charge is 0.254 e. The van der Waals surface area contributed by atoms with Gasteiger partial charge >= 0.3 is 0 Å². The summed E-state index contributed by atoms with van der Waals surface area (Å²) in [5, 5.41) is 26.1. The maximum absolute atomic E-state index is 12.2. The zero-order chi connectivity index (χ0) is 20.2. The van der Waals surface area contributed by atoms with Gasteiger partial charge in [-0.3, -0.25) is 9.59 Å². The van der Waals surface area contributed by atoms with E-state index in [2.05, 4.69) is 10.6 Å². The SMILES string of the molecule is CC.Cn1cc(NC2=C(NCc3ccccc3)C(C)(O)C2=O)c(O)cc1=O. The second-order valence-corrected chi connectivity index (χ2v) is 6.14. The van der Waals surface area contributed by atoms with Gasteiger partial charge in [-0.1, -0.05) is 44.2 Å². The van der Waals surface area contributed by atoms with Crippen LogP contribution in [0.2, 0.25) is 0 Å². The van der Waals surface area contributed by atoms with Gasteiger partial charge < -0.3 is 25.4 Å². The van der Waals surface area contributed by atoms with E-state index in [1.807, 2.05) is 44.2 Å². The summed E-state index contributed by atoms with van der Waals surface area (Å²) in [5.74, 6) is -0.756. The summed E-state index contributed by atoms with van der Waals surface area (Å²) in [6, 6.07) is 10.6. The van der Waals surface area contributed by atoms with Gasteiger partial charge in [0.15, 0.2) is 5.60 Å². The van der Waals surface area contributed by atoms with Crippen molar-refractivity contribution in [3.05, 3.63) is 69.9 Å². The monoisotopic (exact) mass is 371 g/mol. The summed E-state index contributed by atoms with van der Waals surface area (Å²) >= 11 is 0. The van der Waals surface area contributed by atoms with E-state index in [0.717, 1.165) is 11.6 Å². The molecule has 3 rings (SSSR count). The lowest BCUT2D eigenvalue weighted by Gasteiger charge is -2.38. The number of hydrogen-bond acceptors (Lipinski definition) is 6. The minimum absolute atomic E-state index is 0.162. The van der Waals surface area contributed by atoms with Gasteiger partial charge in [0.25, 0.3) is 5.56 Å². The Morgan fingerprint density at radius 3 is 2.41 bits per heavy atom. The minimum Gasteiger partial charge on any atom is -0.506 e. The van der Waals surface area contributed by atoms with Crippen LogP contribution in [0.1, 0.15) is 26.3 Å². The number of nitrogens with zero attached hydrogens (tertiary/aromatic N) is 1. The minimum atomic E-state index is -1.62. The highest BCUT2D eigenvalue weighted by Crippen LogP contribution is 2.35. The number of aromatic nitrogens is 1. The maximum Gasteiger partial charge on any atom is 0.254 e. The number of carbonyl (C=O) groups is 1. The summed E-state index contributed by atoms with van der Waals surface area (Å²) in [6.45, 7) is 5.85. The van der Waals surface area contributed by atoms with E-state index < -0.39 is 11.4 Å². The number of Topliss-reactive ketones (excluding diaryl/α,β-unsaturated/α-hetero) is 1. The van der Waals surface area contributed by atoms with Crippen molar-refractivity contribution in [3.63, 3.8) is 0 Å². The lowest BCUT2D eigenvalue weighted by Crippen LogP contribution is -2.55. The molecule has 144 valence electrons. The number of anilines is 1. The van der Waals surface area contributed by atoms with E-state index >= 15 is 0 Å². The van der Waals surface area contributed by atoms with Gasteiger partial charge in [-0.15, -0.1) is 0 Å². The molecule has 1 unspecified atom stereocenters. The normalized spacial score (nSPS) is 18.3. The summed E-state index contributed by atoms with van der Waals surface area (Å²) in [7, 11) is 1.54. The van der Waals surface area contributed by atoms with E-state index in [9.17, 15) is 19.8 Å². The van der Waals surface area contributed by atoms with Crippen LogP contribution in [0.3, 0.4) is 0 Å². The van der Waals surface area contributed by atoms with Gasteiger partial charge in [0.05, 0.1) is 11.4 Å². The number of aliphatic hydroxyl groups is 1. The highest BCUT2D eigenvalue weighted by atomic mass is 16.3. The van der Waals surface area contributed by atoms with Crippen LogP contribution in [0.5, 0.6) is 5.75 Å². The zero-order valence-corrected chi connectivity index (χ0v) is 15.9. The average molecular weight is 371 g/mol. The Kier molecular flexibility index (Phi) is 6.07. The second-order valence-electron chi connectivity index (χ2n) is 6.14. The predicted molar refractivity (Wildman–Crippen MR) is 104 cm³/mol. The molecule has 27 heavy (non-hydrogen) atoms. The van der Waals surface area contributed by atoms with E-state index in [1.165, 1.54) is 24.7 Å². The van der Waals surface area contributed by atoms with E-state index in [-0.39, 0.29) is 22.7 Å². The number of nitrogens with one attached hydrogen (secondary N) is 2. The third-order valence-corrected chi connectivity index (χ3v) is 4.18. The van der Waals surface area contributed by atoms with Crippen molar-refractivity contribution in [2.24, 2.45) is 7.05 Å². The molecule has 0 fully saturated rings. The van der Waals surface area contributed by atoms with Crippen molar-refractivity contribution in [2.45, 2.75) is 32.9 Å². The lowest BCUT2D eigenvalue weighted by molar-refractivity contribution is -0.132. The van der Waals surface area contributed by atoms with Gasteiger partial charge in [-0.25, -0.2) is 0 Å². The number of aryl methyl sites for hydroxylation is 1. The molecule has 0 aliphatic heterocycles. The first-order valence-electron chi connectivity index (χ1n) is 8.77. The average Bonchev–Trinajstić information content (AvgIpc) is 2.67. The quantitative estimate of drug-likeness (QED) is 0.640. The van der Waals surface area contributed by atoms with E-state index in [0.29, 0.717) is 12.2 Å². The van der Waals surface area contributed by atoms with Crippen molar-refractivity contribution in [1.29, 1.82) is 0 Å². The zero-order valence-electron chi connectivity index (χ0n) is 15.9. The summed E-state index contributed by atoms with van der Waals surface area (Å²) in [6.07, 6.45) is 1.39. The molecule has 0 saturated carbocycles. The third kappa shape index (κ3) is 4.03. The topological polar surface area (TPSA) is 104 Å². The molecule has 0 saturated heterocycles. The molecular weight excluding hydrogens is 346 g/mol. The van der Waals surface area contributed by atoms with Crippen LogP contribution in [-0.4, -0.2) is 26.2 Å². The molecular formula is C20H25N3O4. The Balaban J connectivity index is 0.00000126. The van der Waals surface area contributed by atoms with Gasteiger partial charge in [-0.05, 0) is 12.5 Å². The maximum atomic E-state index is 12.2. The number of hydrogen-bond donors (Lipinski definition) is 4. The molecule has 1 heterocycles. The van der Waals surface area contributed by atoms with Gasteiger partial charge in [0.2, 0.25) is 5.78 Å². The van der Waals surface area contributed by atoms with Crippen LogP contribution < -0.4 is 16.2 Å². The molecule has 0 bridgehead atoms. The molecule has 2 aromatic rings. The van der Waals surface area contributed by atoms with Crippen molar-refractivity contribution >= 4 is 11.5 Å². The van der Waals surface area contributed by atoms with E-state index in [4.69, 9.17) is 0 Å². The first-order chi connectivity index (χ1) is 12.8. The number of pyridine rings is 1. The number of aromatic hydroxyl groups is 1. The fraction of sp³-hybridized carbons (Fsp3) is 0.300. The summed E-state index contributed by atoms with van der Waals surface area (Å²) < 4.78 is 1.28. The van der Waals surface area contributed by atoms with Crippen molar-refractivity contribution < 1.29 is 15.0 Å². The molecule has 7 heteroatoms. The molecule has 0 spiro atoms. The Morgan fingerprint density at radius 2 is 1.78 bits per heavy atom. The Labute approximate surface area is 158 Å². The van der Waals surface area contributed by atoms with E-state index in [1.54, 1.807) is 0 Å². The molecule has 1 aliphatic rings. The van der Waals surface area contributed by atoms with Gasteiger partial charge in [-0.2, -0.15) is 0 Å². The number of benzene rings is 1. The third-order valence-electron chi connectivity index (χ3n) is 4.18. The van der Waals surface area contributed by atoms with Crippen molar-refractivity contribution in [1.82, 2.24) is 9.88 Å². The largest absolute Gasteiger partial charge is 0.506 e. The van der Waals surface area contributed by atoms with Crippen molar-refractivity contribution in [2.75, 3.05) is 5.32 Å². The first kappa shape index (κ1) is 20.3. The van der Waals surface area contributed by atoms with Crippen LogP contribution in [0.15, 0.2) is 58.8 Å². The lowest BCUT2D eigenvalue weighted by atomic mass is 9.81. The first-order valence-corrected chi connectivity index (χ1v) is 8.77. The van der Waals surface area contributed by atoms with Gasteiger partial charge in [0, 0.05) is 25.9 Å². The summed E-state index contributed by atoms with van der Waals surface area (Å²) in [5.41, 5.74) is -0.279. The second kappa shape index (κ2) is 8.09. The van der Waals surface area contributed by atoms with Crippen LogP contribution in [0.4, 0.5) is 5.69 Å². The van der Waals surface area contributed by atoms with Gasteiger partial charge in [0.1, 0.15) is 11.4 Å². The Morgan fingerprint density at radius 1 is 1.15 bits per heavy atom. The fourth-order valence-corrected chi connectivity index (χ4v) is 2.67. The van der Waals surface area contributed by atoms with Crippen LogP contribution >= 0.6 is 0 Å². The predicted octanol–water partition coefficient (Wildman–Crippen LogP) is 1.86. The standard InChI is InChI=1S/C18H19N3O4.C2H6/c1-18(25)16(19-9-11-6-4-3-5-7-11)15(17(18)24)20-12-10-21(2)14(23)8-13(12)22;1-2/h3-8,10,19-20,22,25H,9H2,1-2H3;1-2H3. The highest BCUT2D eigenvalue weighted by Gasteiger charge is 2.49. The van der Waals surface area contributed by atoms with Crippen LogP contribution in [-0.2, 0) is 18.4 Å². The molecule has 1 aromatic carbocycles. The molecule has 0 radical (unpaired) electrons. The Bertz CT molecular complexity index is 915. The molecule has 1 aromatic heterocycles. The molecule has 0 amide bonds. The van der Waals surface area contributed by atoms with Crippen molar-refractivity contribution in [3.8, 4) is 5.75 Å². The number of ketones is 1.